The Morgan fingerprint density at radius 1 is 1.20 bits per heavy atom. The Morgan fingerprint density at radius 2 is 2.00 bits per heavy atom. The number of hydrogen-bond donors (Lipinski definition) is 1. The fourth-order valence-corrected chi connectivity index (χ4v) is 3.99. The van der Waals surface area contributed by atoms with Gasteiger partial charge in [-0.25, -0.2) is 0 Å². The maximum Gasteiger partial charge on any atom is 0.0558 e. The first-order valence-electron chi connectivity index (χ1n) is 7.63. The van der Waals surface area contributed by atoms with Gasteiger partial charge in [0.1, 0.15) is 0 Å². The monoisotopic (exact) mass is 338 g/mol. The number of piperazine rings is 1. The number of rotatable bonds is 3. The van der Waals surface area contributed by atoms with Gasteiger partial charge in [0.05, 0.1) is 6.61 Å². The van der Waals surface area contributed by atoms with E-state index in [0.717, 1.165) is 32.7 Å². The molecule has 0 saturated carbocycles. The van der Waals surface area contributed by atoms with E-state index in [-0.39, 0.29) is 6.61 Å². The van der Waals surface area contributed by atoms with Gasteiger partial charge >= 0.3 is 0 Å². The minimum atomic E-state index is 0.278. The van der Waals surface area contributed by atoms with E-state index in [2.05, 4.69) is 43.9 Å². The minimum Gasteiger partial charge on any atom is -0.395 e. The third-order valence-electron chi connectivity index (χ3n) is 4.65. The summed E-state index contributed by atoms with van der Waals surface area (Å²) in [6.45, 7) is 5.52. The van der Waals surface area contributed by atoms with Crippen LogP contribution >= 0.6 is 15.9 Å². The number of fused-ring (bicyclic) bond motifs is 1. The molecular weight excluding hydrogens is 316 g/mol. The van der Waals surface area contributed by atoms with Gasteiger partial charge in [-0.1, -0.05) is 22.0 Å². The number of halogens is 1. The summed E-state index contributed by atoms with van der Waals surface area (Å²) in [5, 5.41) is 9.03. The van der Waals surface area contributed by atoms with Gasteiger partial charge in [0.25, 0.3) is 0 Å². The Morgan fingerprint density at radius 3 is 2.75 bits per heavy atom. The molecule has 1 N–H and O–H groups in total. The average molecular weight is 339 g/mol. The minimum absolute atomic E-state index is 0.278. The van der Waals surface area contributed by atoms with Crippen molar-refractivity contribution in [1.82, 2.24) is 9.80 Å². The number of aliphatic hydroxyl groups is 1. The molecule has 0 aromatic heterocycles. The van der Waals surface area contributed by atoms with E-state index >= 15 is 0 Å². The SMILES string of the molecule is OCCN1CCN(C2CCCc3cc(Br)ccc32)CC1. The lowest BCUT2D eigenvalue weighted by Crippen LogP contribution is -2.48. The van der Waals surface area contributed by atoms with Gasteiger partial charge in [0.15, 0.2) is 0 Å². The van der Waals surface area contributed by atoms with Crippen LogP contribution < -0.4 is 0 Å². The van der Waals surface area contributed by atoms with Gasteiger partial charge in [-0.05, 0) is 42.5 Å². The molecule has 0 radical (unpaired) electrons. The number of hydrogen-bond acceptors (Lipinski definition) is 3. The molecule has 4 heteroatoms. The van der Waals surface area contributed by atoms with E-state index in [1.54, 1.807) is 0 Å². The lowest BCUT2D eigenvalue weighted by molar-refractivity contribution is 0.0772. The first-order valence-corrected chi connectivity index (χ1v) is 8.43. The summed E-state index contributed by atoms with van der Waals surface area (Å²) in [6, 6.07) is 7.38. The predicted octanol–water partition coefficient (Wildman–Crippen LogP) is 2.44. The topological polar surface area (TPSA) is 26.7 Å². The molecule has 110 valence electrons. The van der Waals surface area contributed by atoms with Crippen LogP contribution in [0.25, 0.3) is 0 Å². The van der Waals surface area contributed by atoms with Gasteiger partial charge in [0.2, 0.25) is 0 Å². The quantitative estimate of drug-likeness (QED) is 0.916. The molecule has 1 aromatic rings. The summed E-state index contributed by atoms with van der Waals surface area (Å²) in [6.07, 6.45) is 3.80. The fraction of sp³-hybridized carbons (Fsp3) is 0.625. The Kier molecular flexibility index (Phi) is 4.76. The first-order chi connectivity index (χ1) is 9.78. The van der Waals surface area contributed by atoms with E-state index in [1.165, 1.54) is 34.9 Å². The van der Waals surface area contributed by atoms with Gasteiger partial charge in [0, 0.05) is 43.2 Å². The zero-order valence-corrected chi connectivity index (χ0v) is 13.5. The normalized spacial score (nSPS) is 24.6. The highest BCUT2D eigenvalue weighted by Crippen LogP contribution is 2.35. The summed E-state index contributed by atoms with van der Waals surface area (Å²) in [4.78, 5) is 5.00. The number of β-amino-alcohol motifs (C(OH)–C–C–N with tert-alkyl or cyclic N) is 1. The van der Waals surface area contributed by atoms with E-state index in [1.807, 2.05) is 0 Å². The second-order valence-corrected chi connectivity index (χ2v) is 6.77. The zero-order chi connectivity index (χ0) is 13.9. The fourth-order valence-electron chi connectivity index (χ4n) is 3.58. The van der Waals surface area contributed by atoms with Crippen LogP contribution in [0.5, 0.6) is 0 Å². The summed E-state index contributed by atoms with van der Waals surface area (Å²) >= 11 is 3.59. The average Bonchev–Trinajstić information content (AvgIpc) is 2.47. The molecule has 0 spiro atoms. The molecule has 0 amide bonds. The van der Waals surface area contributed by atoms with Crippen LogP contribution in [0.2, 0.25) is 0 Å². The molecule has 2 aliphatic rings. The lowest BCUT2D eigenvalue weighted by Gasteiger charge is -2.41. The summed E-state index contributed by atoms with van der Waals surface area (Å²) in [7, 11) is 0. The van der Waals surface area contributed by atoms with Crippen molar-refractivity contribution in [3.05, 3.63) is 33.8 Å². The standard InChI is InChI=1S/C16H23BrN2O/c17-14-4-5-15-13(12-14)2-1-3-16(15)19-8-6-18(7-9-19)10-11-20/h4-5,12,16,20H,1-3,6-11H2. The largest absolute Gasteiger partial charge is 0.395 e. The van der Waals surface area contributed by atoms with Crippen molar-refractivity contribution in [2.75, 3.05) is 39.3 Å². The maximum absolute atomic E-state index is 9.03. The van der Waals surface area contributed by atoms with Crippen molar-refractivity contribution in [3.8, 4) is 0 Å². The number of aryl methyl sites for hydroxylation is 1. The van der Waals surface area contributed by atoms with Crippen LogP contribution in [-0.4, -0.2) is 54.2 Å². The van der Waals surface area contributed by atoms with Crippen molar-refractivity contribution < 1.29 is 5.11 Å². The number of aliphatic hydroxyl groups excluding tert-OH is 1. The Bertz CT molecular complexity index is 458. The number of nitrogens with zero attached hydrogens (tertiary/aromatic N) is 2. The molecule has 0 bridgehead atoms. The van der Waals surface area contributed by atoms with E-state index in [4.69, 9.17) is 5.11 Å². The highest BCUT2D eigenvalue weighted by Gasteiger charge is 2.28. The molecule has 3 nitrogen and oxygen atoms in total. The number of benzene rings is 1. The van der Waals surface area contributed by atoms with E-state index in [9.17, 15) is 0 Å². The van der Waals surface area contributed by atoms with Crippen molar-refractivity contribution >= 4 is 15.9 Å². The second kappa shape index (κ2) is 6.56. The third-order valence-corrected chi connectivity index (χ3v) is 5.14. The first kappa shape index (κ1) is 14.5. The molecule has 1 aromatic carbocycles. The molecule has 1 fully saturated rings. The molecule has 20 heavy (non-hydrogen) atoms. The summed E-state index contributed by atoms with van der Waals surface area (Å²) in [5.41, 5.74) is 3.06. The molecule has 1 saturated heterocycles. The summed E-state index contributed by atoms with van der Waals surface area (Å²) < 4.78 is 1.20. The molecule has 3 rings (SSSR count). The van der Waals surface area contributed by atoms with Gasteiger partial charge in [-0.2, -0.15) is 0 Å². The molecule has 1 heterocycles. The van der Waals surface area contributed by atoms with Crippen LogP contribution in [0.3, 0.4) is 0 Å². The Labute approximate surface area is 129 Å². The Balaban J connectivity index is 1.70. The van der Waals surface area contributed by atoms with Crippen molar-refractivity contribution in [3.63, 3.8) is 0 Å². The van der Waals surface area contributed by atoms with Crippen molar-refractivity contribution in [1.29, 1.82) is 0 Å². The zero-order valence-electron chi connectivity index (χ0n) is 11.9. The van der Waals surface area contributed by atoms with Gasteiger partial charge in [-0.15, -0.1) is 0 Å². The van der Waals surface area contributed by atoms with Crippen LogP contribution in [0, 0.1) is 0 Å². The van der Waals surface area contributed by atoms with Crippen molar-refractivity contribution in [2.24, 2.45) is 0 Å². The van der Waals surface area contributed by atoms with Gasteiger partial charge in [-0.3, -0.25) is 9.80 Å². The van der Waals surface area contributed by atoms with E-state index < -0.39 is 0 Å². The van der Waals surface area contributed by atoms with Crippen LogP contribution in [0.4, 0.5) is 0 Å². The summed E-state index contributed by atoms with van der Waals surface area (Å²) in [5.74, 6) is 0. The maximum atomic E-state index is 9.03. The highest BCUT2D eigenvalue weighted by molar-refractivity contribution is 9.10. The van der Waals surface area contributed by atoms with E-state index in [0.29, 0.717) is 6.04 Å². The predicted molar refractivity (Wildman–Crippen MR) is 84.9 cm³/mol. The Hall–Kier alpha value is -0.420. The molecule has 1 atom stereocenters. The van der Waals surface area contributed by atoms with Crippen LogP contribution in [0.1, 0.15) is 30.0 Å². The smallest absolute Gasteiger partial charge is 0.0558 e. The molecule has 1 aliphatic carbocycles. The van der Waals surface area contributed by atoms with Crippen LogP contribution in [0.15, 0.2) is 22.7 Å². The molecule has 1 unspecified atom stereocenters. The molecular formula is C16H23BrN2O. The van der Waals surface area contributed by atoms with Gasteiger partial charge < -0.3 is 5.11 Å². The third kappa shape index (κ3) is 3.08. The lowest BCUT2D eigenvalue weighted by atomic mass is 9.86. The molecule has 1 aliphatic heterocycles. The van der Waals surface area contributed by atoms with Crippen LogP contribution in [-0.2, 0) is 6.42 Å². The second-order valence-electron chi connectivity index (χ2n) is 5.85. The highest BCUT2D eigenvalue weighted by atomic mass is 79.9. The van der Waals surface area contributed by atoms with Crippen molar-refractivity contribution in [2.45, 2.75) is 25.3 Å².